The van der Waals surface area contributed by atoms with E-state index in [-0.39, 0.29) is 5.43 Å². The van der Waals surface area contributed by atoms with Crippen molar-refractivity contribution in [2.24, 2.45) is 0 Å². The summed E-state index contributed by atoms with van der Waals surface area (Å²) in [5, 5.41) is 5.38. The molecule has 0 amide bonds. The van der Waals surface area contributed by atoms with Crippen molar-refractivity contribution >= 4 is 44.0 Å². The predicted octanol–water partition coefficient (Wildman–Crippen LogP) is 11.8. The summed E-state index contributed by atoms with van der Waals surface area (Å²) in [6, 6.07) is 39.5. The summed E-state index contributed by atoms with van der Waals surface area (Å²) in [4.78, 5) is 0. The van der Waals surface area contributed by atoms with Crippen LogP contribution in [0.1, 0.15) is 22.3 Å². The average molecular weight is 659 g/mol. The number of rotatable bonds is 2. The molecule has 0 aliphatic rings. The standard InChI is InChI=1S/2C17H15.C2H6Si.2ClH.Zr/c2*1-12-5-3-6-14(9-12)16-8-4-7-15-10-13(2)11-17(15)16;1-3-2;;;/h2*3-11H,1-2H3;1-2H3;2*1H;/q2*-1;;;;+2/p-2. The van der Waals surface area contributed by atoms with Crippen LogP contribution in [0.2, 0.25) is 13.1 Å². The molecule has 0 nitrogen and oxygen atoms in total. The molecule has 0 saturated heterocycles. The van der Waals surface area contributed by atoms with Crippen LogP contribution in [-0.4, -0.2) is 5.43 Å². The summed E-state index contributed by atoms with van der Waals surface area (Å²) in [6.45, 7) is 12.9. The molecular formula is C36H36Cl2SiZr-2. The summed E-state index contributed by atoms with van der Waals surface area (Å²) < 4.78 is 0. The summed E-state index contributed by atoms with van der Waals surface area (Å²) in [6.07, 6.45) is 0. The molecule has 6 aromatic carbocycles. The molecule has 0 aromatic heterocycles. The van der Waals surface area contributed by atoms with Crippen LogP contribution in [0.15, 0.2) is 109 Å². The molecule has 0 heterocycles. The second kappa shape index (κ2) is 14.1. The SMILES string of the molecule is C[Si](C)=[Zr]([Cl])[Cl].Cc1cccc(-c2cccc3[cH-]c(C)cc23)c1.Cc1cccc(-c2cccc3[cH-]c(C)cc23)c1. The van der Waals surface area contributed by atoms with Gasteiger partial charge in [0.1, 0.15) is 0 Å². The summed E-state index contributed by atoms with van der Waals surface area (Å²) in [5.74, 6) is 0. The Morgan fingerprint density at radius 3 is 1.27 bits per heavy atom. The van der Waals surface area contributed by atoms with E-state index in [0.29, 0.717) is 0 Å². The Balaban J connectivity index is 0.000000155. The van der Waals surface area contributed by atoms with E-state index in [9.17, 15) is 0 Å². The number of aryl methyl sites for hydroxylation is 4. The molecule has 0 N–H and O–H groups in total. The third-order valence-corrected chi connectivity index (χ3v) is 26.6. The molecule has 0 atom stereocenters. The molecule has 0 radical (unpaired) electrons. The maximum Gasteiger partial charge on any atom is -0.0276 e. The zero-order valence-corrected chi connectivity index (χ0v) is 29.1. The van der Waals surface area contributed by atoms with Gasteiger partial charge in [-0.3, -0.25) is 0 Å². The minimum absolute atomic E-state index is 0.224. The molecule has 0 saturated carbocycles. The number of fused-ring (bicyclic) bond motifs is 2. The van der Waals surface area contributed by atoms with Crippen molar-refractivity contribution in [3.63, 3.8) is 0 Å². The van der Waals surface area contributed by atoms with Gasteiger partial charge in [-0.1, -0.05) is 96.8 Å². The van der Waals surface area contributed by atoms with Crippen LogP contribution in [0, 0.1) is 27.7 Å². The van der Waals surface area contributed by atoms with E-state index in [1.54, 1.807) is 0 Å². The van der Waals surface area contributed by atoms with Crippen molar-refractivity contribution in [2.45, 2.75) is 40.8 Å². The van der Waals surface area contributed by atoms with Gasteiger partial charge >= 0.3 is 53.5 Å². The fourth-order valence-corrected chi connectivity index (χ4v) is 4.90. The van der Waals surface area contributed by atoms with Crippen LogP contribution >= 0.6 is 17.0 Å². The second-order valence-electron chi connectivity index (χ2n) is 10.7. The maximum atomic E-state index is 5.62. The van der Waals surface area contributed by atoms with Crippen LogP contribution in [0.4, 0.5) is 0 Å². The minimum atomic E-state index is -1.65. The molecule has 4 heteroatoms. The van der Waals surface area contributed by atoms with Crippen LogP contribution < -0.4 is 0 Å². The van der Waals surface area contributed by atoms with Crippen LogP contribution in [0.3, 0.4) is 0 Å². The van der Waals surface area contributed by atoms with E-state index in [4.69, 9.17) is 17.0 Å². The Kier molecular flexibility index (Phi) is 10.8. The monoisotopic (exact) mass is 656 g/mol. The largest absolute Gasteiger partial charge is 0.165 e. The predicted molar refractivity (Wildman–Crippen MR) is 178 cm³/mol. The second-order valence-corrected chi connectivity index (χ2v) is 33.7. The third kappa shape index (κ3) is 7.95. The van der Waals surface area contributed by atoms with Crippen molar-refractivity contribution in [1.82, 2.24) is 0 Å². The Hall–Kier alpha value is -2.22. The van der Waals surface area contributed by atoms with E-state index in [1.165, 1.54) is 66.1 Å². The zero-order chi connectivity index (χ0) is 28.8. The molecule has 6 aromatic rings. The fraction of sp³-hybridized carbons (Fsp3) is 0.167. The summed E-state index contributed by atoms with van der Waals surface area (Å²) in [7, 11) is 11.2. The first-order valence-electron chi connectivity index (χ1n) is 13.6. The molecule has 204 valence electrons. The van der Waals surface area contributed by atoms with E-state index >= 15 is 0 Å². The molecule has 0 aliphatic heterocycles. The van der Waals surface area contributed by atoms with Crippen molar-refractivity contribution in [3.05, 3.63) is 131 Å². The first-order valence-corrected chi connectivity index (χ1v) is 26.1. The van der Waals surface area contributed by atoms with E-state index in [2.05, 4.69) is 150 Å². The number of halogens is 2. The molecule has 0 bridgehead atoms. The van der Waals surface area contributed by atoms with Gasteiger partial charge in [0.05, 0.1) is 0 Å². The van der Waals surface area contributed by atoms with E-state index in [0.717, 1.165) is 0 Å². The Morgan fingerprint density at radius 2 is 0.925 bits per heavy atom. The van der Waals surface area contributed by atoms with Crippen molar-refractivity contribution < 1.29 is 18.0 Å². The van der Waals surface area contributed by atoms with Crippen molar-refractivity contribution in [2.75, 3.05) is 0 Å². The Morgan fingerprint density at radius 1 is 0.550 bits per heavy atom. The summed E-state index contributed by atoms with van der Waals surface area (Å²) >= 11 is -1.65. The fourth-order valence-electron chi connectivity index (χ4n) is 4.90. The van der Waals surface area contributed by atoms with Crippen molar-refractivity contribution in [1.29, 1.82) is 0 Å². The number of hydrogen-bond donors (Lipinski definition) is 0. The Bertz CT molecular complexity index is 1650. The zero-order valence-electron chi connectivity index (χ0n) is 24.1. The van der Waals surface area contributed by atoms with Gasteiger partial charge in [0, 0.05) is 0 Å². The molecule has 0 fully saturated rings. The van der Waals surface area contributed by atoms with Gasteiger partial charge in [-0.25, -0.2) is 0 Å². The van der Waals surface area contributed by atoms with Gasteiger partial charge in [0.2, 0.25) is 0 Å². The quantitative estimate of drug-likeness (QED) is 0.128. The van der Waals surface area contributed by atoms with Gasteiger partial charge < -0.3 is 0 Å². The first kappa shape index (κ1) is 30.7. The van der Waals surface area contributed by atoms with Gasteiger partial charge in [-0.05, 0) is 25.0 Å². The topological polar surface area (TPSA) is 0 Å². The number of benzene rings is 4. The van der Waals surface area contributed by atoms with Crippen LogP contribution in [-0.2, 0) is 18.0 Å². The molecule has 40 heavy (non-hydrogen) atoms. The van der Waals surface area contributed by atoms with E-state index in [1.807, 2.05) is 0 Å². The maximum absolute atomic E-state index is 5.62. The number of hydrogen-bond acceptors (Lipinski definition) is 0. The third-order valence-electron chi connectivity index (χ3n) is 6.83. The van der Waals surface area contributed by atoms with Gasteiger partial charge in [-0.2, -0.15) is 12.1 Å². The molecule has 0 unspecified atom stereocenters. The van der Waals surface area contributed by atoms with Crippen molar-refractivity contribution in [3.8, 4) is 22.3 Å². The summed E-state index contributed by atoms with van der Waals surface area (Å²) in [5.41, 5.74) is 10.3. The average Bonchev–Trinajstić information content (AvgIpc) is 3.49. The Labute approximate surface area is 254 Å². The molecular weight excluding hydrogens is 623 g/mol. The van der Waals surface area contributed by atoms with Gasteiger partial charge in [-0.15, -0.1) is 69.1 Å². The van der Waals surface area contributed by atoms with Gasteiger partial charge in [0.25, 0.3) is 0 Å². The first-order chi connectivity index (χ1) is 19.1. The van der Waals surface area contributed by atoms with Crippen LogP contribution in [0.5, 0.6) is 0 Å². The van der Waals surface area contributed by atoms with E-state index < -0.39 is 18.0 Å². The minimum Gasteiger partial charge on any atom is -0.165 e. The molecule has 6 rings (SSSR count). The normalized spacial score (nSPS) is 10.5. The van der Waals surface area contributed by atoms with Crippen LogP contribution in [0.25, 0.3) is 43.8 Å². The molecule has 0 spiro atoms. The molecule has 0 aliphatic carbocycles. The van der Waals surface area contributed by atoms with Gasteiger partial charge in [0.15, 0.2) is 0 Å². The smallest absolute Gasteiger partial charge is 0.0276 e.